The maximum absolute atomic E-state index is 11.0. The molecule has 1 aromatic heterocycles. The van der Waals surface area contributed by atoms with Crippen molar-refractivity contribution in [1.29, 1.82) is 0 Å². The molecule has 3 nitrogen and oxygen atoms in total. The first-order valence-corrected chi connectivity index (χ1v) is 6.73. The van der Waals surface area contributed by atoms with Crippen molar-refractivity contribution < 1.29 is 9.90 Å². The molecule has 0 fully saturated rings. The molecule has 0 aliphatic heterocycles. The molecule has 3 heteroatoms. The third-order valence-corrected chi connectivity index (χ3v) is 3.58. The number of nitrogens with zero attached hydrogens (tertiary/aromatic N) is 1. The van der Waals surface area contributed by atoms with Gasteiger partial charge in [-0.1, -0.05) is 18.6 Å². The predicted molar refractivity (Wildman–Crippen MR) is 77.6 cm³/mol. The quantitative estimate of drug-likeness (QED) is 0.907. The molecule has 2 aromatic rings. The van der Waals surface area contributed by atoms with Crippen LogP contribution < -0.4 is 0 Å². The van der Waals surface area contributed by atoms with Crippen LogP contribution in [0.3, 0.4) is 0 Å². The zero-order chi connectivity index (χ0) is 14.2. The molecular weight excluding hydrogens is 238 g/mol. The number of aryl methyl sites for hydroxylation is 1. The lowest BCUT2D eigenvalue weighted by Crippen LogP contribution is -2.12. The van der Waals surface area contributed by atoms with E-state index in [9.17, 15) is 4.79 Å². The van der Waals surface area contributed by atoms with Crippen molar-refractivity contribution in [2.45, 2.75) is 40.2 Å². The van der Waals surface area contributed by atoms with E-state index in [1.165, 1.54) is 16.5 Å². The third kappa shape index (κ3) is 2.65. The Kier molecular flexibility index (Phi) is 3.65. The molecule has 1 N–H and O–H groups in total. The first kappa shape index (κ1) is 13.7. The van der Waals surface area contributed by atoms with E-state index in [1.54, 1.807) is 6.92 Å². The Bertz CT molecular complexity index is 610. The van der Waals surface area contributed by atoms with Crippen LogP contribution in [0.25, 0.3) is 10.9 Å². The summed E-state index contributed by atoms with van der Waals surface area (Å²) in [7, 11) is 0. The number of carbonyl (C=O) groups is 1. The first-order chi connectivity index (χ1) is 8.90. The van der Waals surface area contributed by atoms with Crippen LogP contribution in [-0.4, -0.2) is 15.6 Å². The van der Waals surface area contributed by atoms with Crippen LogP contribution in [0.4, 0.5) is 0 Å². The fourth-order valence-corrected chi connectivity index (χ4v) is 2.45. The minimum atomic E-state index is -0.738. The summed E-state index contributed by atoms with van der Waals surface area (Å²) in [6, 6.07) is 6.75. The molecule has 0 bridgehead atoms. The number of hydrogen-bond donors (Lipinski definition) is 1. The summed E-state index contributed by atoms with van der Waals surface area (Å²) in [6.07, 6.45) is 2.68. The number of rotatable bonds is 4. The second-order valence-electron chi connectivity index (χ2n) is 5.62. The van der Waals surface area contributed by atoms with Crippen molar-refractivity contribution in [2.75, 3.05) is 0 Å². The van der Waals surface area contributed by atoms with Crippen LogP contribution in [0, 0.1) is 12.8 Å². The maximum atomic E-state index is 11.0. The van der Waals surface area contributed by atoms with Gasteiger partial charge in [-0.25, -0.2) is 0 Å². The van der Waals surface area contributed by atoms with Crippen LogP contribution in [0.2, 0.25) is 0 Å². The largest absolute Gasteiger partial charge is 0.481 e. The van der Waals surface area contributed by atoms with Crippen molar-refractivity contribution in [2.24, 2.45) is 5.92 Å². The fraction of sp³-hybridized carbons (Fsp3) is 0.438. The molecule has 19 heavy (non-hydrogen) atoms. The summed E-state index contributed by atoms with van der Waals surface area (Å²) >= 11 is 0. The van der Waals surface area contributed by atoms with Gasteiger partial charge in [-0.05, 0) is 44.9 Å². The molecule has 1 unspecified atom stereocenters. The first-order valence-electron chi connectivity index (χ1n) is 6.73. The highest BCUT2D eigenvalue weighted by Crippen LogP contribution is 2.27. The highest BCUT2D eigenvalue weighted by atomic mass is 16.4. The third-order valence-electron chi connectivity index (χ3n) is 3.58. The Morgan fingerprint density at radius 1 is 1.32 bits per heavy atom. The van der Waals surface area contributed by atoms with Gasteiger partial charge in [-0.15, -0.1) is 0 Å². The van der Waals surface area contributed by atoms with E-state index in [0.29, 0.717) is 12.5 Å². The molecule has 0 saturated heterocycles. The summed E-state index contributed by atoms with van der Waals surface area (Å²) in [4.78, 5) is 11.0. The molecule has 1 atom stereocenters. The molecule has 0 spiro atoms. The minimum Gasteiger partial charge on any atom is -0.481 e. The number of aromatic nitrogens is 1. The predicted octanol–water partition coefficient (Wildman–Crippen LogP) is 3.79. The smallest absolute Gasteiger partial charge is 0.306 e. The molecule has 0 aliphatic rings. The standard InChI is InChI=1S/C16H21NO2/c1-10(2)17-9-13(8-12(4)16(18)19)14-7-11(3)5-6-15(14)17/h5-7,9-10,12H,8H2,1-4H3,(H,18,19). The van der Waals surface area contributed by atoms with E-state index < -0.39 is 5.97 Å². The van der Waals surface area contributed by atoms with Gasteiger partial charge < -0.3 is 9.67 Å². The van der Waals surface area contributed by atoms with Crippen LogP contribution in [0.15, 0.2) is 24.4 Å². The van der Waals surface area contributed by atoms with Gasteiger partial charge in [0.15, 0.2) is 0 Å². The summed E-state index contributed by atoms with van der Waals surface area (Å²) in [5.74, 6) is -1.09. The highest BCUT2D eigenvalue weighted by Gasteiger charge is 2.16. The Hall–Kier alpha value is -1.77. The Morgan fingerprint density at radius 2 is 2.00 bits per heavy atom. The molecule has 0 radical (unpaired) electrons. The SMILES string of the molecule is Cc1ccc2c(c1)c(CC(C)C(=O)O)cn2C(C)C. The van der Waals surface area contributed by atoms with Crippen LogP contribution in [0.1, 0.15) is 37.9 Å². The number of carboxylic acid groups (broad SMARTS) is 1. The number of fused-ring (bicyclic) bond motifs is 1. The zero-order valence-corrected chi connectivity index (χ0v) is 12.0. The molecule has 0 amide bonds. The Balaban J connectivity index is 2.54. The van der Waals surface area contributed by atoms with Crippen molar-refractivity contribution >= 4 is 16.9 Å². The van der Waals surface area contributed by atoms with Crippen LogP contribution in [-0.2, 0) is 11.2 Å². The topological polar surface area (TPSA) is 42.2 Å². The highest BCUT2D eigenvalue weighted by molar-refractivity contribution is 5.85. The normalized spacial score (nSPS) is 13.1. The average Bonchev–Trinajstić information content (AvgIpc) is 2.67. The van der Waals surface area contributed by atoms with Gasteiger partial charge in [-0.2, -0.15) is 0 Å². The van der Waals surface area contributed by atoms with E-state index in [4.69, 9.17) is 5.11 Å². The number of hydrogen-bond acceptors (Lipinski definition) is 1. The maximum Gasteiger partial charge on any atom is 0.306 e. The molecule has 0 saturated carbocycles. The fourth-order valence-electron chi connectivity index (χ4n) is 2.45. The summed E-state index contributed by atoms with van der Waals surface area (Å²) < 4.78 is 2.22. The molecule has 1 aromatic carbocycles. The lowest BCUT2D eigenvalue weighted by molar-refractivity contribution is -0.141. The van der Waals surface area contributed by atoms with Crippen molar-refractivity contribution in [3.8, 4) is 0 Å². The van der Waals surface area contributed by atoms with Crippen molar-refractivity contribution in [3.05, 3.63) is 35.5 Å². The van der Waals surface area contributed by atoms with E-state index in [0.717, 1.165) is 5.56 Å². The van der Waals surface area contributed by atoms with Crippen LogP contribution in [0.5, 0.6) is 0 Å². The second-order valence-corrected chi connectivity index (χ2v) is 5.62. The molecule has 2 rings (SSSR count). The van der Waals surface area contributed by atoms with E-state index in [-0.39, 0.29) is 5.92 Å². The monoisotopic (exact) mass is 259 g/mol. The molecular formula is C16H21NO2. The van der Waals surface area contributed by atoms with Gasteiger partial charge in [-0.3, -0.25) is 4.79 Å². The number of aliphatic carboxylic acids is 1. The zero-order valence-electron chi connectivity index (χ0n) is 12.0. The van der Waals surface area contributed by atoms with Gasteiger partial charge in [0.1, 0.15) is 0 Å². The number of carboxylic acids is 1. The summed E-state index contributed by atoms with van der Waals surface area (Å²) in [5.41, 5.74) is 3.52. The van der Waals surface area contributed by atoms with E-state index >= 15 is 0 Å². The molecule has 1 heterocycles. The van der Waals surface area contributed by atoms with Gasteiger partial charge in [0, 0.05) is 23.1 Å². The Labute approximate surface area is 113 Å². The lowest BCUT2D eigenvalue weighted by Gasteiger charge is -2.08. The molecule has 102 valence electrons. The second kappa shape index (κ2) is 5.08. The average molecular weight is 259 g/mol. The van der Waals surface area contributed by atoms with Crippen molar-refractivity contribution in [3.63, 3.8) is 0 Å². The van der Waals surface area contributed by atoms with Crippen molar-refractivity contribution in [1.82, 2.24) is 4.57 Å². The van der Waals surface area contributed by atoms with Gasteiger partial charge in [0.05, 0.1) is 5.92 Å². The summed E-state index contributed by atoms with van der Waals surface area (Å²) in [6.45, 7) is 8.11. The minimum absolute atomic E-state index is 0.355. The van der Waals surface area contributed by atoms with Gasteiger partial charge in [0.2, 0.25) is 0 Å². The number of benzene rings is 1. The van der Waals surface area contributed by atoms with Crippen LogP contribution >= 0.6 is 0 Å². The molecule has 0 aliphatic carbocycles. The Morgan fingerprint density at radius 3 is 2.58 bits per heavy atom. The van der Waals surface area contributed by atoms with Gasteiger partial charge in [0.25, 0.3) is 0 Å². The van der Waals surface area contributed by atoms with Gasteiger partial charge >= 0.3 is 5.97 Å². The van der Waals surface area contributed by atoms with E-state index in [1.807, 2.05) is 0 Å². The van der Waals surface area contributed by atoms with E-state index in [2.05, 4.69) is 49.7 Å². The lowest BCUT2D eigenvalue weighted by atomic mass is 10.00. The summed E-state index contributed by atoms with van der Waals surface area (Å²) in [5, 5.41) is 10.3.